The van der Waals surface area contributed by atoms with Crippen LogP contribution < -0.4 is 4.74 Å². The van der Waals surface area contributed by atoms with E-state index in [1.165, 1.54) is 0 Å². The summed E-state index contributed by atoms with van der Waals surface area (Å²) in [5.41, 5.74) is 0. The maximum absolute atomic E-state index is 12.2. The number of carbonyl (C=O) groups is 1. The molecule has 1 aromatic rings. The van der Waals surface area contributed by atoms with Gasteiger partial charge < -0.3 is 19.5 Å². The molecule has 1 aliphatic heterocycles. The highest BCUT2D eigenvalue weighted by molar-refractivity contribution is 5.70. The van der Waals surface area contributed by atoms with Crippen molar-refractivity contribution in [3.63, 3.8) is 0 Å². The third-order valence-electron chi connectivity index (χ3n) is 3.78. The fourth-order valence-corrected chi connectivity index (χ4v) is 2.59. The van der Waals surface area contributed by atoms with Gasteiger partial charge in [-0.05, 0) is 25.5 Å². The summed E-state index contributed by atoms with van der Waals surface area (Å²) in [5.74, 6) is 0.561. The second-order valence-electron chi connectivity index (χ2n) is 5.64. The molecule has 1 amide bonds. The average Bonchev–Trinajstić information content (AvgIpc) is 2.79. The predicted octanol–water partition coefficient (Wildman–Crippen LogP) is 1.59. The zero-order valence-corrected chi connectivity index (χ0v) is 13.7. The molecule has 128 valence electrons. The summed E-state index contributed by atoms with van der Waals surface area (Å²) >= 11 is 0. The summed E-state index contributed by atoms with van der Waals surface area (Å²) in [5, 5.41) is 9.92. The number of para-hydroxylation sites is 1. The smallest absolute Gasteiger partial charge is 0.410 e. The van der Waals surface area contributed by atoms with Crippen molar-refractivity contribution >= 4 is 6.09 Å². The Morgan fingerprint density at radius 1 is 1.22 bits per heavy atom. The van der Waals surface area contributed by atoms with Crippen molar-refractivity contribution in [2.45, 2.75) is 19.4 Å². The van der Waals surface area contributed by atoms with E-state index in [-0.39, 0.29) is 6.09 Å². The summed E-state index contributed by atoms with van der Waals surface area (Å²) in [4.78, 5) is 16.1. The van der Waals surface area contributed by atoms with E-state index in [1.807, 2.05) is 25.1 Å². The third-order valence-corrected chi connectivity index (χ3v) is 3.78. The molecule has 1 atom stereocenters. The van der Waals surface area contributed by atoms with Crippen molar-refractivity contribution < 1.29 is 19.4 Å². The van der Waals surface area contributed by atoms with Crippen LogP contribution in [0.2, 0.25) is 0 Å². The first-order valence-electron chi connectivity index (χ1n) is 8.19. The minimum absolute atomic E-state index is 0.312. The number of nitrogens with zero attached hydrogens (tertiary/aromatic N) is 2. The summed E-state index contributed by atoms with van der Waals surface area (Å²) in [6.07, 6.45) is 0.0660. The van der Waals surface area contributed by atoms with Gasteiger partial charge in [0.2, 0.25) is 0 Å². The van der Waals surface area contributed by atoms with Gasteiger partial charge in [0.1, 0.15) is 5.75 Å². The van der Waals surface area contributed by atoms with E-state index in [2.05, 4.69) is 4.90 Å². The van der Waals surface area contributed by atoms with Crippen molar-refractivity contribution in [2.24, 2.45) is 0 Å². The Balaban J connectivity index is 1.77. The zero-order valence-electron chi connectivity index (χ0n) is 13.7. The van der Waals surface area contributed by atoms with Gasteiger partial charge >= 0.3 is 6.09 Å². The van der Waals surface area contributed by atoms with Crippen molar-refractivity contribution in [1.82, 2.24) is 9.80 Å². The first-order chi connectivity index (χ1) is 11.2. The van der Waals surface area contributed by atoms with Gasteiger partial charge in [-0.1, -0.05) is 18.2 Å². The molecule has 6 heteroatoms. The number of benzene rings is 1. The zero-order chi connectivity index (χ0) is 16.5. The number of hydrogen-bond donors (Lipinski definition) is 1. The molecule has 1 heterocycles. The van der Waals surface area contributed by atoms with Gasteiger partial charge in [-0.15, -0.1) is 0 Å². The molecule has 2 rings (SSSR count). The monoisotopic (exact) mass is 322 g/mol. The maximum Gasteiger partial charge on any atom is 0.415 e. The molecule has 0 aromatic heterocycles. The van der Waals surface area contributed by atoms with Crippen molar-refractivity contribution in [2.75, 3.05) is 45.9 Å². The van der Waals surface area contributed by atoms with E-state index in [9.17, 15) is 9.90 Å². The molecule has 1 N–H and O–H groups in total. The highest BCUT2D eigenvalue weighted by Crippen LogP contribution is 2.12. The Kier molecular flexibility index (Phi) is 7.32. The summed E-state index contributed by atoms with van der Waals surface area (Å²) in [7, 11) is 0. The normalized spacial score (nSPS) is 17.6. The molecule has 23 heavy (non-hydrogen) atoms. The van der Waals surface area contributed by atoms with Gasteiger partial charge in [-0.3, -0.25) is 4.90 Å². The third kappa shape index (κ3) is 6.17. The highest BCUT2D eigenvalue weighted by Gasteiger charge is 2.21. The number of hydrogen-bond acceptors (Lipinski definition) is 5. The van der Waals surface area contributed by atoms with Crippen LogP contribution in [0, 0.1) is 0 Å². The number of β-amino-alcohol motifs (C(OH)–C–C–N with tert-alkyl or cyclic N) is 1. The maximum atomic E-state index is 12.2. The van der Waals surface area contributed by atoms with E-state index in [4.69, 9.17) is 9.47 Å². The number of ether oxygens (including phenoxy) is 2. The van der Waals surface area contributed by atoms with Crippen LogP contribution in [-0.2, 0) is 4.74 Å². The van der Waals surface area contributed by atoms with Gasteiger partial charge in [0.15, 0.2) is 0 Å². The van der Waals surface area contributed by atoms with Crippen LogP contribution in [0.4, 0.5) is 4.79 Å². The van der Waals surface area contributed by atoms with E-state index < -0.39 is 6.10 Å². The fraction of sp³-hybridized carbons (Fsp3) is 0.588. The molecular weight excluding hydrogens is 296 g/mol. The standard InChI is InChI=1S/C17H26N2O4/c1-2-22-14-15(20)13-18-9-6-10-19(12-11-18)17(21)23-16-7-4-3-5-8-16/h3-5,7-8,15,20H,2,6,9-14H2,1H3. The highest BCUT2D eigenvalue weighted by atomic mass is 16.6. The van der Waals surface area contributed by atoms with E-state index in [1.54, 1.807) is 17.0 Å². The topological polar surface area (TPSA) is 62.2 Å². The first-order valence-corrected chi connectivity index (χ1v) is 8.19. The number of carbonyl (C=O) groups excluding carboxylic acids is 1. The Morgan fingerprint density at radius 3 is 2.74 bits per heavy atom. The lowest BCUT2D eigenvalue weighted by Gasteiger charge is -2.23. The second kappa shape index (κ2) is 9.50. The van der Waals surface area contributed by atoms with Gasteiger partial charge in [-0.25, -0.2) is 4.79 Å². The molecule has 1 fully saturated rings. The van der Waals surface area contributed by atoms with Crippen molar-refractivity contribution in [3.05, 3.63) is 30.3 Å². The molecule has 6 nitrogen and oxygen atoms in total. The first kappa shape index (κ1) is 17.7. The van der Waals surface area contributed by atoms with Crippen LogP contribution in [0.1, 0.15) is 13.3 Å². The second-order valence-corrected chi connectivity index (χ2v) is 5.64. The van der Waals surface area contributed by atoms with Gasteiger partial charge in [-0.2, -0.15) is 0 Å². The summed E-state index contributed by atoms with van der Waals surface area (Å²) < 4.78 is 10.6. The molecule has 1 unspecified atom stereocenters. The largest absolute Gasteiger partial charge is 0.415 e. The summed E-state index contributed by atoms with van der Waals surface area (Å²) in [6.45, 7) is 6.31. The van der Waals surface area contributed by atoms with Gasteiger partial charge in [0.05, 0.1) is 12.7 Å². The van der Waals surface area contributed by atoms with E-state index in [0.717, 1.165) is 19.5 Å². The van der Waals surface area contributed by atoms with E-state index in [0.29, 0.717) is 38.6 Å². The fourth-order valence-electron chi connectivity index (χ4n) is 2.59. The molecule has 1 aliphatic rings. The Hall–Kier alpha value is -1.63. The lowest BCUT2D eigenvalue weighted by molar-refractivity contribution is 0.0219. The SMILES string of the molecule is CCOCC(O)CN1CCCN(C(=O)Oc2ccccc2)CC1. The molecule has 1 saturated heterocycles. The number of aliphatic hydroxyl groups is 1. The summed E-state index contributed by atoms with van der Waals surface area (Å²) in [6, 6.07) is 9.10. The average molecular weight is 322 g/mol. The molecule has 0 spiro atoms. The lowest BCUT2D eigenvalue weighted by atomic mass is 10.3. The minimum Gasteiger partial charge on any atom is -0.410 e. The quantitative estimate of drug-likeness (QED) is 0.862. The van der Waals surface area contributed by atoms with Crippen molar-refractivity contribution in [1.29, 1.82) is 0 Å². The number of amides is 1. The molecule has 0 radical (unpaired) electrons. The Morgan fingerprint density at radius 2 is 2.00 bits per heavy atom. The molecule has 0 saturated carbocycles. The molecular formula is C17H26N2O4. The molecule has 1 aromatic carbocycles. The Labute approximate surface area is 137 Å². The van der Waals surface area contributed by atoms with Crippen LogP contribution in [0.5, 0.6) is 5.75 Å². The van der Waals surface area contributed by atoms with Crippen molar-refractivity contribution in [3.8, 4) is 5.75 Å². The molecule has 0 bridgehead atoms. The minimum atomic E-state index is -0.488. The van der Waals surface area contributed by atoms with Crippen LogP contribution in [0.3, 0.4) is 0 Å². The number of rotatable bonds is 6. The van der Waals surface area contributed by atoms with E-state index >= 15 is 0 Å². The number of aliphatic hydroxyl groups excluding tert-OH is 1. The Bertz CT molecular complexity index is 469. The van der Waals surface area contributed by atoms with Gasteiger partial charge in [0, 0.05) is 39.3 Å². The van der Waals surface area contributed by atoms with Crippen LogP contribution in [-0.4, -0.2) is 73.0 Å². The van der Waals surface area contributed by atoms with Crippen LogP contribution in [0.15, 0.2) is 30.3 Å². The lowest BCUT2D eigenvalue weighted by Crippen LogP contribution is -2.39. The molecule has 0 aliphatic carbocycles. The predicted molar refractivity (Wildman–Crippen MR) is 87.6 cm³/mol. The van der Waals surface area contributed by atoms with Gasteiger partial charge in [0.25, 0.3) is 0 Å². The van der Waals surface area contributed by atoms with Crippen LogP contribution in [0.25, 0.3) is 0 Å². The van der Waals surface area contributed by atoms with Crippen LogP contribution >= 0.6 is 0 Å².